The molecule has 2 amide bonds. The quantitative estimate of drug-likeness (QED) is 0.448. The number of rotatable bonds is 7. The van der Waals surface area contributed by atoms with Gasteiger partial charge in [0, 0.05) is 24.5 Å². The van der Waals surface area contributed by atoms with E-state index in [0.717, 1.165) is 10.1 Å². The molecular formula is C17H18N6O3S2. The largest absolute Gasteiger partial charge is 0.479 e. The molecule has 2 aromatic heterocycles. The van der Waals surface area contributed by atoms with Crippen LogP contribution in [0, 0.1) is 0 Å². The van der Waals surface area contributed by atoms with Gasteiger partial charge in [-0.3, -0.25) is 19.6 Å². The lowest BCUT2D eigenvalue weighted by molar-refractivity contribution is 0.101. The summed E-state index contributed by atoms with van der Waals surface area (Å²) in [5, 5.41) is 17.9. The van der Waals surface area contributed by atoms with Crippen molar-refractivity contribution >= 4 is 45.7 Å². The Morgan fingerprint density at radius 1 is 1.18 bits per heavy atom. The highest BCUT2D eigenvalue weighted by Gasteiger charge is 2.17. The van der Waals surface area contributed by atoms with Gasteiger partial charge in [-0.05, 0) is 30.0 Å². The van der Waals surface area contributed by atoms with Crippen LogP contribution in [0.4, 0.5) is 10.8 Å². The summed E-state index contributed by atoms with van der Waals surface area (Å²) in [5.41, 5.74) is 1.31. The lowest BCUT2D eigenvalue weighted by Crippen LogP contribution is -2.14. The van der Waals surface area contributed by atoms with E-state index in [2.05, 4.69) is 25.9 Å². The summed E-state index contributed by atoms with van der Waals surface area (Å²) in [4.78, 5) is 24.7. The third-order valence-electron chi connectivity index (χ3n) is 3.53. The van der Waals surface area contributed by atoms with Crippen LogP contribution in [-0.4, -0.2) is 44.7 Å². The minimum Gasteiger partial charge on any atom is -0.479 e. The number of amides is 2. The average Bonchev–Trinajstić information content (AvgIpc) is 3.28. The zero-order chi connectivity index (χ0) is 20.1. The van der Waals surface area contributed by atoms with Gasteiger partial charge in [0.1, 0.15) is 5.56 Å². The minimum absolute atomic E-state index is 0.244. The fourth-order valence-electron chi connectivity index (χ4n) is 2.29. The predicted octanol–water partition coefficient (Wildman–Crippen LogP) is 2.90. The topological polar surface area (TPSA) is 111 Å². The molecule has 0 aliphatic carbocycles. The number of carbonyl (C=O) groups is 2. The van der Waals surface area contributed by atoms with Crippen molar-refractivity contribution in [1.82, 2.24) is 20.0 Å². The molecule has 2 heterocycles. The van der Waals surface area contributed by atoms with E-state index in [9.17, 15) is 9.59 Å². The van der Waals surface area contributed by atoms with E-state index in [1.807, 2.05) is 6.92 Å². The molecule has 3 rings (SSSR count). The second-order valence-electron chi connectivity index (χ2n) is 5.52. The molecule has 0 spiro atoms. The van der Waals surface area contributed by atoms with E-state index >= 15 is 0 Å². The summed E-state index contributed by atoms with van der Waals surface area (Å²) in [6.45, 7) is 2.02. The molecule has 146 valence electrons. The van der Waals surface area contributed by atoms with Crippen LogP contribution in [0.1, 0.15) is 27.6 Å². The van der Waals surface area contributed by atoms with Crippen LogP contribution in [0.15, 0.2) is 34.8 Å². The predicted molar refractivity (Wildman–Crippen MR) is 108 cm³/mol. The molecule has 0 atom stereocenters. The van der Waals surface area contributed by atoms with Gasteiger partial charge >= 0.3 is 0 Å². The molecule has 0 radical (unpaired) electrons. The first kappa shape index (κ1) is 19.8. The van der Waals surface area contributed by atoms with Crippen molar-refractivity contribution in [2.75, 3.05) is 23.5 Å². The number of benzene rings is 1. The Balaban J connectivity index is 1.63. The highest BCUT2D eigenvalue weighted by molar-refractivity contribution is 8.01. The number of anilines is 2. The summed E-state index contributed by atoms with van der Waals surface area (Å²) in [7, 11) is 3.16. The Labute approximate surface area is 169 Å². The van der Waals surface area contributed by atoms with Crippen LogP contribution in [-0.2, 0) is 7.05 Å². The van der Waals surface area contributed by atoms with Gasteiger partial charge < -0.3 is 10.1 Å². The maximum atomic E-state index is 12.4. The highest BCUT2D eigenvalue weighted by Crippen LogP contribution is 2.25. The van der Waals surface area contributed by atoms with E-state index in [0.29, 0.717) is 21.9 Å². The third kappa shape index (κ3) is 4.67. The van der Waals surface area contributed by atoms with E-state index < -0.39 is 0 Å². The third-order valence-corrected chi connectivity index (χ3v) is 5.39. The minimum atomic E-state index is -0.350. The molecule has 0 aliphatic heterocycles. The Hall–Kier alpha value is -2.92. The van der Waals surface area contributed by atoms with Gasteiger partial charge in [-0.15, -0.1) is 15.3 Å². The van der Waals surface area contributed by atoms with Gasteiger partial charge in [0.25, 0.3) is 11.8 Å². The lowest BCUT2D eigenvalue weighted by Gasteiger charge is -2.06. The summed E-state index contributed by atoms with van der Waals surface area (Å²) < 4.78 is 7.40. The van der Waals surface area contributed by atoms with Crippen molar-refractivity contribution in [2.24, 2.45) is 7.05 Å². The second kappa shape index (κ2) is 8.85. The smallest absolute Gasteiger partial charge is 0.262 e. The fourth-order valence-corrected chi connectivity index (χ4v) is 3.93. The normalized spacial score (nSPS) is 10.5. The first-order chi connectivity index (χ1) is 13.5. The number of ether oxygens (including phenoxy) is 1. The molecule has 3 aromatic rings. The zero-order valence-electron chi connectivity index (χ0n) is 15.4. The van der Waals surface area contributed by atoms with Crippen LogP contribution >= 0.6 is 23.1 Å². The number of aromatic nitrogens is 4. The monoisotopic (exact) mass is 418 g/mol. The van der Waals surface area contributed by atoms with Crippen LogP contribution in [0.25, 0.3) is 0 Å². The molecule has 11 heteroatoms. The Morgan fingerprint density at radius 3 is 2.61 bits per heavy atom. The summed E-state index contributed by atoms with van der Waals surface area (Å²) in [5.74, 6) is 0.488. The van der Waals surface area contributed by atoms with E-state index in [-0.39, 0.29) is 17.7 Å². The van der Waals surface area contributed by atoms with Crippen molar-refractivity contribution in [1.29, 1.82) is 0 Å². The van der Waals surface area contributed by atoms with Gasteiger partial charge in [0.05, 0.1) is 7.11 Å². The first-order valence-electron chi connectivity index (χ1n) is 8.27. The fraction of sp³-hybridized carbons (Fsp3) is 0.235. The Bertz CT molecular complexity index is 983. The van der Waals surface area contributed by atoms with E-state index in [1.54, 1.807) is 49.3 Å². The standard InChI is InChI=1S/C17H18N6O3S2/c1-4-27-17-21-20-16(28-17)19-13(24)10-5-7-11(8-6-10)18-14(25)12-9-23(2)22-15(12)26-3/h5-9H,4H2,1-3H3,(H,18,25)(H,19,20,24). The maximum Gasteiger partial charge on any atom is 0.262 e. The number of nitrogens with zero attached hydrogens (tertiary/aromatic N) is 4. The molecule has 0 saturated heterocycles. The molecule has 9 nitrogen and oxygen atoms in total. The van der Waals surface area contributed by atoms with Crippen LogP contribution < -0.4 is 15.4 Å². The van der Waals surface area contributed by atoms with Crippen molar-refractivity contribution in [3.05, 3.63) is 41.6 Å². The van der Waals surface area contributed by atoms with Gasteiger partial charge in [-0.1, -0.05) is 30.0 Å². The molecule has 0 fully saturated rings. The van der Waals surface area contributed by atoms with Gasteiger partial charge in [0.2, 0.25) is 11.0 Å². The zero-order valence-corrected chi connectivity index (χ0v) is 17.1. The van der Waals surface area contributed by atoms with Crippen molar-refractivity contribution in [3.8, 4) is 5.88 Å². The van der Waals surface area contributed by atoms with Crippen molar-refractivity contribution < 1.29 is 14.3 Å². The molecule has 0 aliphatic rings. The number of hydrogen-bond acceptors (Lipinski definition) is 8. The summed E-state index contributed by atoms with van der Waals surface area (Å²) in [6.07, 6.45) is 1.57. The van der Waals surface area contributed by atoms with Gasteiger partial charge in [-0.25, -0.2) is 0 Å². The summed E-state index contributed by atoms with van der Waals surface area (Å²) >= 11 is 2.89. The molecule has 28 heavy (non-hydrogen) atoms. The highest BCUT2D eigenvalue weighted by atomic mass is 32.2. The number of carbonyl (C=O) groups excluding carboxylic acids is 2. The van der Waals surface area contributed by atoms with Gasteiger partial charge in [-0.2, -0.15) is 0 Å². The Morgan fingerprint density at radius 2 is 1.93 bits per heavy atom. The molecule has 2 N–H and O–H groups in total. The molecule has 1 aromatic carbocycles. The SMILES string of the molecule is CCSc1nnc(NC(=O)c2ccc(NC(=O)c3cn(C)nc3OC)cc2)s1. The number of thioether (sulfide) groups is 1. The second-order valence-corrected chi connectivity index (χ2v) is 8.01. The number of nitrogens with one attached hydrogen (secondary N) is 2. The summed E-state index contributed by atoms with van der Waals surface area (Å²) in [6, 6.07) is 6.53. The molecule has 0 saturated carbocycles. The maximum absolute atomic E-state index is 12.4. The number of aryl methyl sites for hydroxylation is 1. The number of methoxy groups -OCH3 is 1. The lowest BCUT2D eigenvalue weighted by atomic mass is 10.2. The van der Waals surface area contributed by atoms with Gasteiger partial charge in [0.15, 0.2) is 4.34 Å². The van der Waals surface area contributed by atoms with Crippen LogP contribution in [0.5, 0.6) is 5.88 Å². The first-order valence-corrected chi connectivity index (χ1v) is 10.1. The molecule has 0 bridgehead atoms. The Kier molecular flexibility index (Phi) is 6.26. The van der Waals surface area contributed by atoms with E-state index in [4.69, 9.17) is 4.74 Å². The van der Waals surface area contributed by atoms with E-state index in [1.165, 1.54) is 23.1 Å². The van der Waals surface area contributed by atoms with Crippen LogP contribution in [0.3, 0.4) is 0 Å². The molecule has 0 unspecified atom stereocenters. The number of hydrogen-bond donors (Lipinski definition) is 2. The van der Waals surface area contributed by atoms with Crippen molar-refractivity contribution in [2.45, 2.75) is 11.3 Å². The van der Waals surface area contributed by atoms with Crippen LogP contribution in [0.2, 0.25) is 0 Å². The van der Waals surface area contributed by atoms with Crippen molar-refractivity contribution in [3.63, 3.8) is 0 Å². The average molecular weight is 419 g/mol. The molecular weight excluding hydrogens is 400 g/mol.